The van der Waals surface area contributed by atoms with E-state index in [1.807, 2.05) is 35.2 Å². The second-order valence-electron chi connectivity index (χ2n) is 8.27. The smallest absolute Gasteiger partial charge is 0.345 e. The van der Waals surface area contributed by atoms with Gasteiger partial charge in [-0.3, -0.25) is 9.59 Å². The first-order valence-electron chi connectivity index (χ1n) is 11.5. The van der Waals surface area contributed by atoms with Crippen molar-refractivity contribution in [1.82, 2.24) is 9.88 Å². The van der Waals surface area contributed by atoms with Crippen molar-refractivity contribution >= 4 is 56.7 Å². The first-order valence-corrected chi connectivity index (χ1v) is 13.5. The summed E-state index contributed by atoms with van der Waals surface area (Å²) in [6, 6.07) is 19.2. The summed E-state index contributed by atoms with van der Waals surface area (Å²) in [5.74, 6) is 0.191. The molecule has 0 atom stereocenters. The number of para-hydroxylation sites is 2. The molecule has 1 aliphatic heterocycles. The van der Waals surface area contributed by atoms with Crippen molar-refractivity contribution in [2.45, 2.75) is 0 Å². The minimum atomic E-state index is -0.476. The van der Waals surface area contributed by atoms with Gasteiger partial charge >= 0.3 is 5.63 Å². The zero-order chi connectivity index (χ0) is 24.9. The number of rotatable bonds is 7. The molecule has 0 bridgehead atoms. The van der Waals surface area contributed by atoms with Crippen molar-refractivity contribution < 1.29 is 14.0 Å². The number of nitrogens with one attached hydrogen (secondary N) is 1. The van der Waals surface area contributed by atoms with Crippen LogP contribution in [0.15, 0.2) is 75.3 Å². The van der Waals surface area contributed by atoms with Gasteiger partial charge in [0.2, 0.25) is 11.8 Å². The lowest BCUT2D eigenvalue weighted by Gasteiger charge is -2.36. The van der Waals surface area contributed by atoms with E-state index in [0.717, 1.165) is 18.5 Å². The van der Waals surface area contributed by atoms with Crippen LogP contribution in [0.25, 0.3) is 22.2 Å². The molecule has 36 heavy (non-hydrogen) atoms. The molecule has 0 aliphatic carbocycles. The number of carbonyl (C=O) groups is 2. The van der Waals surface area contributed by atoms with Crippen molar-refractivity contribution in [2.75, 3.05) is 47.9 Å². The molecule has 10 heteroatoms. The topological polar surface area (TPSA) is 95.8 Å². The van der Waals surface area contributed by atoms with Crippen molar-refractivity contribution in [3.8, 4) is 11.3 Å². The first-order chi connectivity index (χ1) is 17.6. The summed E-state index contributed by atoms with van der Waals surface area (Å²) >= 11 is 2.52. The molecule has 0 unspecified atom stereocenters. The van der Waals surface area contributed by atoms with Crippen LogP contribution in [-0.4, -0.2) is 59.4 Å². The molecule has 3 heterocycles. The number of carbonyl (C=O) groups excluding carboxylic acids is 2. The van der Waals surface area contributed by atoms with E-state index < -0.39 is 5.63 Å². The highest BCUT2D eigenvalue weighted by Gasteiger charge is 2.21. The fraction of sp³-hybridized carbons (Fsp3) is 0.231. The van der Waals surface area contributed by atoms with E-state index in [2.05, 4.69) is 27.3 Å². The number of thioether (sulfide) groups is 1. The van der Waals surface area contributed by atoms with Crippen LogP contribution in [0.1, 0.15) is 0 Å². The number of fused-ring (bicyclic) bond motifs is 1. The van der Waals surface area contributed by atoms with Crippen molar-refractivity contribution in [2.24, 2.45) is 0 Å². The zero-order valence-electron chi connectivity index (χ0n) is 19.4. The van der Waals surface area contributed by atoms with Crippen molar-refractivity contribution in [1.29, 1.82) is 0 Å². The largest absolute Gasteiger partial charge is 0.422 e. The Morgan fingerprint density at radius 1 is 1.00 bits per heavy atom. The van der Waals surface area contributed by atoms with Gasteiger partial charge in [-0.15, -0.1) is 23.1 Å². The van der Waals surface area contributed by atoms with Crippen LogP contribution in [0.3, 0.4) is 0 Å². The molecule has 8 nitrogen and oxygen atoms in total. The predicted octanol–water partition coefficient (Wildman–Crippen LogP) is 3.94. The summed E-state index contributed by atoms with van der Waals surface area (Å²) in [5, 5.41) is 5.65. The highest BCUT2D eigenvalue weighted by Crippen LogP contribution is 2.25. The second kappa shape index (κ2) is 11.0. The second-order valence-corrected chi connectivity index (χ2v) is 10.1. The molecule has 1 aliphatic rings. The molecular weight excluding hydrogens is 496 g/mol. The molecule has 1 N–H and O–H groups in total. The molecule has 4 aromatic rings. The lowest BCUT2D eigenvalue weighted by Crippen LogP contribution is -2.49. The van der Waals surface area contributed by atoms with E-state index in [1.165, 1.54) is 28.8 Å². The maximum atomic E-state index is 12.6. The quantitative estimate of drug-likeness (QED) is 0.369. The predicted molar refractivity (Wildman–Crippen MR) is 145 cm³/mol. The Kier molecular flexibility index (Phi) is 7.33. The van der Waals surface area contributed by atoms with E-state index >= 15 is 0 Å². The lowest BCUT2D eigenvalue weighted by molar-refractivity contribution is -0.128. The van der Waals surface area contributed by atoms with Crippen molar-refractivity contribution in [3.05, 3.63) is 76.5 Å². The number of amides is 2. The Morgan fingerprint density at radius 2 is 1.75 bits per heavy atom. The van der Waals surface area contributed by atoms with Gasteiger partial charge in [-0.05, 0) is 24.3 Å². The third-order valence-electron chi connectivity index (χ3n) is 5.88. The molecule has 2 aromatic carbocycles. The van der Waals surface area contributed by atoms with Crippen LogP contribution < -0.4 is 15.8 Å². The molecule has 1 fully saturated rings. The third kappa shape index (κ3) is 5.60. The summed E-state index contributed by atoms with van der Waals surface area (Å²) in [4.78, 5) is 45.8. The molecule has 0 radical (unpaired) electrons. The van der Waals surface area contributed by atoms with Crippen LogP contribution in [0.4, 0.5) is 10.8 Å². The van der Waals surface area contributed by atoms with Gasteiger partial charge in [-0.1, -0.05) is 36.4 Å². The monoisotopic (exact) mass is 520 g/mol. The summed E-state index contributed by atoms with van der Waals surface area (Å²) < 4.78 is 5.37. The Balaban J connectivity index is 1.09. The van der Waals surface area contributed by atoms with Gasteiger partial charge in [0.25, 0.3) is 0 Å². The van der Waals surface area contributed by atoms with E-state index in [0.29, 0.717) is 35.1 Å². The Labute approximate surface area is 215 Å². The Bertz CT molecular complexity index is 1430. The van der Waals surface area contributed by atoms with E-state index in [9.17, 15) is 14.4 Å². The Hall–Kier alpha value is -3.63. The van der Waals surface area contributed by atoms with Gasteiger partial charge in [-0.25, -0.2) is 9.78 Å². The van der Waals surface area contributed by atoms with Gasteiger partial charge in [0.05, 0.1) is 22.8 Å². The molecule has 0 saturated carbocycles. The molecule has 0 spiro atoms. The number of anilines is 2. The molecule has 2 amide bonds. The normalized spacial score (nSPS) is 13.7. The van der Waals surface area contributed by atoms with Gasteiger partial charge in [0, 0.05) is 42.6 Å². The van der Waals surface area contributed by atoms with E-state index in [-0.39, 0.29) is 23.3 Å². The van der Waals surface area contributed by atoms with Crippen LogP contribution >= 0.6 is 23.1 Å². The maximum absolute atomic E-state index is 12.6. The fourth-order valence-electron chi connectivity index (χ4n) is 4.03. The lowest BCUT2D eigenvalue weighted by atomic mass is 10.1. The van der Waals surface area contributed by atoms with Crippen LogP contribution in [0, 0.1) is 0 Å². The summed E-state index contributed by atoms with van der Waals surface area (Å²) in [7, 11) is 0. The number of benzene rings is 2. The minimum absolute atomic E-state index is 0.0417. The summed E-state index contributed by atoms with van der Waals surface area (Å²) in [5.41, 5.74) is 2.00. The van der Waals surface area contributed by atoms with Crippen LogP contribution in [-0.2, 0) is 9.59 Å². The van der Waals surface area contributed by atoms with Crippen LogP contribution in [0.5, 0.6) is 0 Å². The highest BCUT2D eigenvalue weighted by atomic mass is 32.2. The summed E-state index contributed by atoms with van der Waals surface area (Å²) in [6.07, 6.45) is 0. The fourth-order valence-corrected chi connectivity index (χ4v) is 5.47. The number of thiazole rings is 1. The van der Waals surface area contributed by atoms with E-state index in [4.69, 9.17) is 4.42 Å². The van der Waals surface area contributed by atoms with Crippen molar-refractivity contribution in [3.63, 3.8) is 0 Å². The zero-order valence-corrected chi connectivity index (χ0v) is 21.0. The standard InChI is InChI=1S/C26H24N4O4S2/c31-23(16-35-17-24(32)30-12-10-29(11-13-30)19-7-2-1-3-8-19)28-26-27-21(15-36-26)20-14-18-6-4-5-9-22(18)34-25(20)33/h1-9,14-15H,10-13,16-17H2,(H,27,28,31). The highest BCUT2D eigenvalue weighted by molar-refractivity contribution is 8.00. The van der Waals surface area contributed by atoms with Gasteiger partial charge in [0.15, 0.2) is 5.13 Å². The summed E-state index contributed by atoms with van der Waals surface area (Å²) in [6.45, 7) is 2.93. The molecule has 2 aromatic heterocycles. The number of hydrogen-bond acceptors (Lipinski definition) is 8. The number of aromatic nitrogens is 1. The third-order valence-corrected chi connectivity index (χ3v) is 7.56. The Morgan fingerprint density at radius 3 is 2.56 bits per heavy atom. The molecule has 184 valence electrons. The molecule has 5 rings (SSSR count). The van der Waals surface area contributed by atoms with E-state index in [1.54, 1.807) is 23.6 Å². The number of piperazine rings is 1. The SMILES string of the molecule is O=C(CSCC(=O)N1CCN(c2ccccc2)CC1)Nc1nc(-c2cc3ccccc3oc2=O)cs1. The van der Waals surface area contributed by atoms with Gasteiger partial charge < -0.3 is 19.5 Å². The molecular formula is C26H24N4O4S2. The van der Waals surface area contributed by atoms with Gasteiger partial charge in [-0.2, -0.15) is 0 Å². The minimum Gasteiger partial charge on any atom is -0.422 e. The molecule has 1 saturated heterocycles. The number of hydrogen-bond donors (Lipinski definition) is 1. The van der Waals surface area contributed by atoms with Crippen LogP contribution in [0.2, 0.25) is 0 Å². The average Bonchev–Trinajstić information content (AvgIpc) is 3.36. The number of nitrogens with zero attached hydrogens (tertiary/aromatic N) is 3. The maximum Gasteiger partial charge on any atom is 0.345 e. The average molecular weight is 521 g/mol. The first kappa shape index (κ1) is 24.1. The van der Waals surface area contributed by atoms with Gasteiger partial charge in [0.1, 0.15) is 5.58 Å².